The minimum Gasteiger partial charge on any atom is -0.389 e. The molecule has 0 atom stereocenters. The highest BCUT2D eigenvalue weighted by atomic mass is 32.1. The predicted octanol–water partition coefficient (Wildman–Crippen LogP) is 1.60. The number of thiocarbonyl (C=S) groups is 1. The van der Waals surface area contributed by atoms with E-state index in [4.69, 9.17) is 5.73 Å². The number of nitrogens with two attached hydrogens (primary N) is 1. The fraction of sp³-hybridized carbons (Fsp3) is 0.417. The highest BCUT2D eigenvalue weighted by Gasteiger charge is 2.17. The van der Waals surface area contributed by atoms with Crippen LogP contribution in [0.1, 0.15) is 5.56 Å². The minimum absolute atomic E-state index is 0.0627. The van der Waals surface area contributed by atoms with Crippen molar-refractivity contribution in [3.8, 4) is 0 Å². The molecule has 100 valence electrons. The van der Waals surface area contributed by atoms with E-state index in [9.17, 15) is 8.78 Å². The summed E-state index contributed by atoms with van der Waals surface area (Å²) in [6.07, 6.45) is 0. The van der Waals surface area contributed by atoms with Crippen molar-refractivity contribution in [2.24, 2.45) is 5.73 Å². The third kappa shape index (κ3) is 3.36. The number of benzene rings is 1. The molecular formula is C12H17F2N3S. The standard InChI is InChI=1S/C12H17F2N3S/c1-16(2)6-7-17(3)9-5-4-8(12(15)18)10(13)11(9)14/h4-5H,6-7H2,1-3H3,(H2,15,18). The maximum Gasteiger partial charge on any atom is 0.182 e. The van der Waals surface area contributed by atoms with Gasteiger partial charge in [-0.25, -0.2) is 8.78 Å². The van der Waals surface area contributed by atoms with Gasteiger partial charge in [0.2, 0.25) is 0 Å². The van der Waals surface area contributed by atoms with E-state index < -0.39 is 11.6 Å². The second-order valence-electron chi connectivity index (χ2n) is 4.35. The van der Waals surface area contributed by atoms with E-state index >= 15 is 0 Å². The molecule has 0 saturated heterocycles. The molecule has 3 nitrogen and oxygen atoms in total. The molecule has 1 aromatic carbocycles. The molecule has 0 aliphatic heterocycles. The summed E-state index contributed by atoms with van der Waals surface area (Å²) in [5, 5.41) is 0. The Morgan fingerprint density at radius 2 is 1.78 bits per heavy atom. The van der Waals surface area contributed by atoms with Gasteiger partial charge < -0.3 is 15.5 Å². The monoisotopic (exact) mass is 273 g/mol. The topological polar surface area (TPSA) is 32.5 Å². The van der Waals surface area contributed by atoms with Crippen LogP contribution in [-0.2, 0) is 0 Å². The predicted molar refractivity (Wildman–Crippen MR) is 74.1 cm³/mol. The van der Waals surface area contributed by atoms with Crippen LogP contribution < -0.4 is 10.6 Å². The van der Waals surface area contributed by atoms with Gasteiger partial charge in [0.1, 0.15) is 4.99 Å². The Morgan fingerprint density at radius 1 is 1.17 bits per heavy atom. The first kappa shape index (κ1) is 14.8. The van der Waals surface area contributed by atoms with E-state index in [2.05, 4.69) is 12.2 Å². The van der Waals surface area contributed by atoms with Crippen molar-refractivity contribution in [2.75, 3.05) is 39.1 Å². The maximum atomic E-state index is 13.9. The smallest absolute Gasteiger partial charge is 0.182 e. The molecule has 1 rings (SSSR count). The van der Waals surface area contributed by atoms with Crippen molar-refractivity contribution in [3.05, 3.63) is 29.3 Å². The normalized spacial score (nSPS) is 10.8. The lowest BCUT2D eigenvalue weighted by Gasteiger charge is -2.22. The Balaban J connectivity index is 2.97. The van der Waals surface area contributed by atoms with E-state index in [1.165, 1.54) is 12.1 Å². The van der Waals surface area contributed by atoms with Gasteiger partial charge in [-0.1, -0.05) is 12.2 Å². The molecule has 0 aliphatic rings. The molecule has 0 spiro atoms. The van der Waals surface area contributed by atoms with Gasteiger partial charge in [-0.15, -0.1) is 0 Å². The second-order valence-corrected chi connectivity index (χ2v) is 4.79. The van der Waals surface area contributed by atoms with Crippen molar-refractivity contribution in [2.45, 2.75) is 0 Å². The molecule has 6 heteroatoms. The summed E-state index contributed by atoms with van der Waals surface area (Å²) in [5.41, 5.74) is 5.45. The van der Waals surface area contributed by atoms with Crippen LogP contribution in [0.3, 0.4) is 0 Å². The first-order valence-corrected chi connectivity index (χ1v) is 5.89. The molecule has 0 radical (unpaired) electrons. The summed E-state index contributed by atoms with van der Waals surface area (Å²) >= 11 is 4.65. The Kier molecular flexibility index (Phi) is 4.98. The van der Waals surface area contributed by atoms with Gasteiger partial charge in [-0.2, -0.15) is 0 Å². The zero-order valence-corrected chi connectivity index (χ0v) is 11.5. The molecule has 1 aromatic rings. The molecule has 0 unspecified atom stereocenters. The summed E-state index contributed by atoms with van der Waals surface area (Å²) in [4.78, 5) is 3.48. The lowest BCUT2D eigenvalue weighted by Crippen LogP contribution is -2.29. The van der Waals surface area contributed by atoms with Gasteiger partial charge in [0.05, 0.1) is 5.69 Å². The maximum absolute atomic E-state index is 13.9. The van der Waals surface area contributed by atoms with Crippen LogP contribution in [0, 0.1) is 11.6 Å². The quantitative estimate of drug-likeness (QED) is 0.826. The molecule has 2 N–H and O–H groups in total. The lowest BCUT2D eigenvalue weighted by molar-refractivity contribution is 0.415. The Hall–Kier alpha value is -1.27. The number of likely N-dealkylation sites (N-methyl/N-ethyl adjacent to an activating group) is 2. The van der Waals surface area contributed by atoms with Crippen LogP contribution in [0.15, 0.2) is 12.1 Å². The van der Waals surface area contributed by atoms with Gasteiger partial charge >= 0.3 is 0 Å². The minimum atomic E-state index is -0.989. The lowest BCUT2D eigenvalue weighted by atomic mass is 10.1. The highest BCUT2D eigenvalue weighted by Crippen LogP contribution is 2.23. The Morgan fingerprint density at radius 3 is 2.28 bits per heavy atom. The largest absolute Gasteiger partial charge is 0.389 e. The Bertz CT molecular complexity index is 449. The molecule has 0 saturated carbocycles. The molecule has 0 fully saturated rings. The highest BCUT2D eigenvalue weighted by molar-refractivity contribution is 7.80. The van der Waals surface area contributed by atoms with Crippen LogP contribution in [-0.4, -0.2) is 44.1 Å². The molecule has 0 heterocycles. The summed E-state index contributed by atoms with van der Waals surface area (Å²) in [6.45, 7) is 1.34. The van der Waals surface area contributed by atoms with Crippen molar-refractivity contribution >= 4 is 22.9 Å². The van der Waals surface area contributed by atoms with Gasteiger partial charge in [-0.05, 0) is 26.2 Å². The van der Waals surface area contributed by atoms with Crippen molar-refractivity contribution < 1.29 is 8.78 Å². The number of halogens is 2. The van der Waals surface area contributed by atoms with Gasteiger partial charge in [0.25, 0.3) is 0 Å². The molecule has 18 heavy (non-hydrogen) atoms. The van der Waals surface area contributed by atoms with Crippen LogP contribution in [0.25, 0.3) is 0 Å². The van der Waals surface area contributed by atoms with Gasteiger partial charge in [-0.3, -0.25) is 0 Å². The third-order valence-corrected chi connectivity index (χ3v) is 2.84. The number of hydrogen-bond donors (Lipinski definition) is 1. The summed E-state index contributed by atoms with van der Waals surface area (Å²) in [7, 11) is 5.54. The van der Waals surface area contributed by atoms with E-state index in [0.717, 1.165) is 6.54 Å². The van der Waals surface area contributed by atoms with E-state index in [-0.39, 0.29) is 16.2 Å². The molecule has 0 aromatic heterocycles. The van der Waals surface area contributed by atoms with Crippen LogP contribution in [0.2, 0.25) is 0 Å². The van der Waals surface area contributed by atoms with Crippen molar-refractivity contribution in [1.29, 1.82) is 0 Å². The van der Waals surface area contributed by atoms with Gasteiger partial charge in [0, 0.05) is 25.7 Å². The zero-order valence-electron chi connectivity index (χ0n) is 10.7. The summed E-state index contributed by atoms with van der Waals surface area (Å²) < 4.78 is 27.5. The van der Waals surface area contributed by atoms with Crippen LogP contribution >= 0.6 is 12.2 Å². The number of nitrogens with zero attached hydrogens (tertiary/aromatic N) is 2. The molecular weight excluding hydrogens is 256 g/mol. The fourth-order valence-corrected chi connectivity index (χ4v) is 1.65. The number of rotatable bonds is 5. The summed E-state index contributed by atoms with van der Waals surface area (Å²) in [5.74, 6) is -1.90. The van der Waals surface area contributed by atoms with E-state index in [1.54, 1.807) is 11.9 Å². The Labute approximate surface area is 111 Å². The van der Waals surface area contributed by atoms with Crippen molar-refractivity contribution in [1.82, 2.24) is 4.90 Å². The van der Waals surface area contributed by atoms with Gasteiger partial charge in [0.15, 0.2) is 11.6 Å². The first-order valence-electron chi connectivity index (χ1n) is 5.48. The van der Waals surface area contributed by atoms with Crippen LogP contribution in [0.4, 0.5) is 14.5 Å². The SMILES string of the molecule is CN(C)CCN(C)c1ccc(C(N)=S)c(F)c1F. The van der Waals surface area contributed by atoms with E-state index in [0.29, 0.717) is 6.54 Å². The first-order chi connectivity index (χ1) is 8.34. The number of anilines is 1. The molecule has 0 amide bonds. The fourth-order valence-electron chi connectivity index (χ4n) is 1.49. The zero-order chi connectivity index (χ0) is 13.9. The average molecular weight is 273 g/mol. The van der Waals surface area contributed by atoms with Crippen molar-refractivity contribution in [3.63, 3.8) is 0 Å². The molecule has 0 bridgehead atoms. The average Bonchev–Trinajstić information content (AvgIpc) is 2.29. The van der Waals surface area contributed by atoms with Crippen LogP contribution in [0.5, 0.6) is 0 Å². The van der Waals surface area contributed by atoms with E-state index in [1.807, 2.05) is 19.0 Å². The number of hydrogen-bond acceptors (Lipinski definition) is 3. The molecule has 0 aliphatic carbocycles. The third-order valence-electron chi connectivity index (χ3n) is 2.62. The summed E-state index contributed by atoms with van der Waals surface area (Å²) in [6, 6.07) is 2.89. The second kappa shape index (κ2) is 6.06.